The Bertz CT molecular complexity index is 372. The van der Waals surface area contributed by atoms with Crippen molar-refractivity contribution in [3.63, 3.8) is 0 Å². The molecule has 0 radical (unpaired) electrons. The van der Waals surface area contributed by atoms with Gasteiger partial charge in [0, 0.05) is 24.6 Å². The van der Waals surface area contributed by atoms with Crippen LogP contribution in [0.2, 0.25) is 0 Å². The van der Waals surface area contributed by atoms with Gasteiger partial charge >= 0.3 is 6.18 Å². The van der Waals surface area contributed by atoms with E-state index in [9.17, 15) is 18.3 Å². The molecule has 1 N–H and O–H groups in total. The molecule has 0 bridgehead atoms. The summed E-state index contributed by atoms with van der Waals surface area (Å²) in [5, 5.41) is 9.81. The number of hydrogen-bond acceptors (Lipinski definition) is 5. The molecule has 0 aliphatic rings. The lowest BCUT2D eigenvalue weighted by Crippen LogP contribution is -2.38. The van der Waals surface area contributed by atoms with Gasteiger partial charge in [0.05, 0.1) is 5.60 Å². The lowest BCUT2D eigenvalue weighted by Gasteiger charge is -2.27. The zero-order chi connectivity index (χ0) is 13.3. The highest BCUT2D eigenvalue weighted by atomic mass is 32.1. The van der Waals surface area contributed by atoms with E-state index < -0.39 is 17.6 Å². The van der Waals surface area contributed by atoms with E-state index >= 15 is 0 Å². The Morgan fingerprint density at radius 1 is 1.35 bits per heavy atom. The summed E-state index contributed by atoms with van der Waals surface area (Å²) in [5.74, 6) is -1.13. The monoisotopic (exact) mass is 269 g/mol. The number of likely N-dealkylation sites (N-methyl/N-ethyl adjacent to an activating group) is 1. The normalized spacial score (nSPS) is 12.9. The van der Waals surface area contributed by atoms with Crippen LogP contribution in [0.25, 0.3) is 0 Å². The van der Waals surface area contributed by atoms with E-state index in [1.165, 1.54) is 0 Å². The van der Waals surface area contributed by atoms with Gasteiger partial charge in [-0.15, -0.1) is 0 Å². The Hall–Kier alpha value is -0.890. The lowest BCUT2D eigenvalue weighted by atomic mass is 10.1. The summed E-state index contributed by atoms with van der Waals surface area (Å²) in [6.45, 7) is 5.61. The molecule has 8 heteroatoms. The van der Waals surface area contributed by atoms with Crippen molar-refractivity contribution < 1.29 is 18.3 Å². The molecule has 0 amide bonds. The van der Waals surface area contributed by atoms with Gasteiger partial charge in [-0.3, -0.25) is 0 Å². The molecular formula is C9H14F3N3OS. The summed E-state index contributed by atoms with van der Waals surface area (Å²) < 4.78 is 40.2. The van der Waals surface area contributed by atoms with Gasteiger partial charge in [0.15, 0.2) is 0 Å². The Morgan fingerprint density at radius 3 is 2.29 bits per heavy atom. The van der Waals surface area contributed by atoms with E-state index in [2.05, 4.69) is 9.36 Å². The molecule has 0 aliphatic heterocycles. The van der Waals surface area contributed by atoms with Gasteiger partial charge < -0.3 is 10.0 Å². The van der Waals surface area contributed by atoms with Gasteiger partial charge in [-0.05, 0) is 20.8 Å². The molecule has 0 fully saturated rings. The van der Waals surface area contributed by atoms with Crippen molar-refractivity contribution in [3.8, 4) is 0 Å². The number of rotatable bonds is 4. The van der Waals surface area contributed by atoms with Crippen LogP contribution in [0.5, 0.6) is 0 Å². The second kappa shape index (κ2) is 4.77. The van der Waals surface area contributed by atoms with Crippen LogP contribution in [0, 0.1) is 0 Å². The fourth-order valence-corrected chi connectivity index (χ4v) is 1.99. The maximum absolute atomic E-state index is 12.3. The quantitative estimate of drug-likeness (QED) is 0.910. The number of halogens is 3. The van der Waals surface area contributed by atoms with Crippen molar-refractivity contribution >= 4 is 16.7 Å². The van der Waals surface area contributed by atoms with Crippen molar-refractivity contribution in [1.82, 2.24) is 9.36 Å². The molecule has 1 heterocycles. The number of nitrogens with zero attached hydrogens (tertiary/aromatic N) is 3. The first-order valence-electron chi connectivity index (χ1n) is 5.01. The predicted octanol–water partition coefficient (Wildman–Crippen LogP) is 2.15. The van der Waals surface area contributed by atoms with Crippen LogP contribution in [-0.2, 0) is 6.18 Å². The highest BCUT2D eigenvalue weighted by Gasteiger charge is 2.36. The maximum atomic E-state index is 12.3. The molecule has 0 aromatic carbocycles. The first-order valence-corrected chi connectivity index (χ1v) is 5.79. The second-order valence-corrected chi connectivity index (χ2v) is 4.96. The summed E-state index contributed by atoms with van der Waals surface area (Å²) in [6.07, 6.45) is -4.52. The van der Waals surface area contributed by atoms with E-state index in [0.717, 1.165) is 0 Å². The molecule has 0 saturated carbocycles. The largest absolute Gasteiger partial charge is 0.452 e. The lowest BCUT2D eigenvalue weighted by molar-refractivity contribution is -0.144. The Balaban J connectivity index is 2.87. The first kappa shape index (κ1) is 14.2. The van der Waals surface area contributed by atoms with Gasteiger partial charge in [-0.25, -0.2) is 0 Å². The minimum atomic E-state index is -4.52. The van der Waals surface area contributed by atoms with Crippen molar-refractivity contribution in [2.24, 2.45) is 0 Å². The van der Waals surface area contributed by atoms with Crippen LogP contribution in [0.15, 0.2) is 0 Å². The molecule has 1 rings (SSSR count). The molecule has 1 aromatic rings. The number of hydrogen-bond donors (Lipinski definition) is 1. The molecule has 0 saturated heterocycles. The average molecular weight is 269 g/mol. The van der Waals surface area contributed by atoms with Crippen molar-refractivity contribution in [3.05, 3.63) is 5.82 Å². The van der Waals surface area contributed by atoms with E-state index in [1.54, 1.807) is 25.7 Å². The van der Waals surface area contributed by atoms with E-state index in [-0.39, 0.29) is 11.7 Å². The standard InChI is InChI=1S/C9H14F3N3OS/c1-4-15(5-8(2,3)16)7-13-6(14-17-7)9(10,11)12/h16H,4-5H2,1-3H3. The van der Waals surface area contributed by atoms with Gasteiger partial charge in [-0.1, -0.05) is 0 Å². The summed E-state index contributed by atoms with van der Waals surface area (Å²) in [6, 6.07) is 0. The van der Waals surface area contributed by atoms with E-state index in [0.29, 0.717) is 18.1 Å². The third-order valence-electron chi connectivity index (χ3n) is 1.90. The van der Waals surface area contributed by atoms with Crippen molar-refractivity contribution in [1.29, 1.82) is 0 Å². The van der Waals surface area contributed by atoms with E-state index in [1.807, 2.05) is 0 Å². The third-order valence-corrected chi connectivity index (χ3v) is 2.68. The van der Waals surface area contributed by atoms with E-state index in [4.69, 9.17) is 0 Å². The molecule has 0 spiro atoms. The molecule has 0 unspecified atom stereocenters. The van der Waals surface area contributed by atoms with Gasteiger partial charge in [0.25, 0.3) is 0 Å². The number of aromatic nitrogens is 2. The average Bonchev–Trinajstić information content (AvgIpc) is 2.60. The maximum Gasteiger partial charge on any atom is 0.452 e. The molecule has 1 aromatic heterocycles. The summed E-state index contributed by atoms with van der Waals surface area (Å²) in [7, 11) is 0. The van der Waals surface area contributed by atoms with Crippen LogP contribution in [0.1, 0.15) is 26.6 Å². The number of anilines is 1. The molecular weight excluding hydrogens is 255 g/mol. The SMILES string of the molecule is CCN(CC(C)(C)O)c1nc(C(F)(F)F)ns1. The smallest absolute Gasteiger partial charge is 0.389 e. The Kier molecular flexibility index (Phi) is 3.98. The number of alkyl halides is 3. The van der Waals surface area contributed by atoms with Gasteiger partial charge in [0.2, 0.25) is 11.0 Å². The molecule has 98 valence electrons. The van der Waals surface area contributed by atoms with Crippen molar-refractivity contribution in [2.45, 2.75) is 32.5 Å². The summed E-state index contributed by atoms with van der Waals surface area (Å²) >= 11 is 0.683. The molecule has 17 heavy (non-hydrogen) atoms. The zero-order valence-corrected chi connectivity index (χ0v) is 10.6. The predicted molar refractivity (Wildman–Crippen MR) is 59.1 cm³/mol. The van der Waals surface area contributed by atoms with Crippen LogP contribution in [0.4, 0.5) is 18.3 Å². The molecule has 4 nitrogen and oxygen atoms in total. The number of aliphatic hydroxyl groups is 1. The zero-order valence-electron chi connectivity index (χ0n) is 9.75. The van der Waals surface area contributed by atoms with Gasteiger partial charge in [-0.2, -0.15) is 22.5 Å². The highest BCUT2D eigenvalue weighted by molar-refractivity contribution is 7.09. The Labute approximate surface area is 101 Å². The first-order chi connectivity index (χ1) is 7.63. The highest BCUT2D eigenvalue weighted by Crippen LogP contribution is 2.30. The second-order valence-electron chi connectivity index (χ2n) is 4.22. The van der Waals surface area contributed by atoms with Crippen LogP contribution in [-0.4, -0.2) is 33.2 Å². The summed E-state index contributed by atoms with van der Waals surface area (Å²) in [4.78, 5) is 5.00. The fourth-order valence-electron chi connectivity index (χ4n) is 1.24. The van der Waals surface area contributed by atoms with Crippen LogP contribution < -0.4 is 4.90 Å². The van der Waals surface area contributed by atoms with Crippen LogP contribution in [0.3, 0.4) is 0 Å². The molecule has 0 aliphatic carbocycles. The topological polar surface area (TPSA) is 49.2 Å². The third kappa shape index (κ3) is 4.12. The Morgan fingerprint density at radius 2 is 1.94 bits per heavy atom. The minimum Gasteiger partial charge on any atom is -0.389 e. The van der Waals surface area contributed by atoms with Gasteiger partial charge in [0.1, 0.15) is 0 Å². The van der Waals surface area contributed by atoms with Crippen molar-refractivity contribution in [2.75, 3.05) is 18.0 Å². The summed E-state index contributed by atoms with van der Waals surface area (Å²) in [5.41, 5.74) is -1.000. The fraction of sp³-hybridized carbons (Fsp3) is 0.778. The molecule has 0 atom stereocenters. The minimum absolute atomic E-state index is 0.168. The van der Waals surface area contributed by atoms with Crippen LogP contribution >= 0.6 is 11.5 Å².